The number of phosphoric acid groups is 2. The predicted octanol–water partition coefficient (Wildman–Crippen LogP) is -3.41. The number of hydrogen-bond donors (Lipinski definition) is 0. The second-order valence-electron chi connectivity index (χ2n) is 1.04. The van der Waals surface area contributed by atoms with Gasteiger partial charge in [-0.2, -0.15) is 0 Å². The molecule has 0 aliphatic carbocycles. The molecule has 0 bridgehead atoms. The van der Waals surface area contributed by atoms with E-state index in [1.807, 2.05) is 0 Å². The van der Waals surface area contributed by atoms with Gasteiger partial charge in [0.05, 0.1) is 0 Å². The van der Waals surface area contributed by atoms with Crippen LogP contribution in [0.2, 0.25) is 0 Å². The van der Waals surface area contributed by atoms with Crippen LogP contribution in [0.4, 0.5) is 0 Å². The molecule has 0 aliphatic rings. The van der Waals surface area contributed by atoms with Gasteiger partial charge in [-0.05, 0) is 0 Å². The molecule has 0 N–H and O–H groups in total. The van der Waals surface area contributed by atoms with Crippen LogP contribution < -0.4 is 19.6 Å². The second-order valence-corrected chi connectivity index (χ2v) is 3.13. The van der Waals surface area contributed by atoms with Gasteiger partial charge >= 0.3 is 39.0 Å². The summed E-state index contributed by atoms with van der Waals surface area (Å²) in [5.74, 6) is 0. The SMILES string of the molecule is O=P([O-])([O-])OOP(=O)([O-])[O-].[Zn+2].[Zn+2]. The molecule has 12 heavy (non-hydrogen) atoms. The van der Waals surface area contributed by atoms with Crippen molar-refractivity contribution in [3.8, 4) is 0 Å². The first-order valence-corrected chi connectivity index (χ1v) is 4.55. The third-order valence-electron chi connectivity index (χ3n) is 0.216. The zero-order chi connectivity index (χ0) is 8.41. The van der Waals surface area contributed by atoms with Crippen molar-refractivity contribution in [2.24, 2.45) is 0 Å². The van der Waals surface area contributed by atoms with Crippen LogP contribution in [-0.4, -0.2) is 0 Å². The van der Waals surface area contributed by atoms with Gasteiger partial charge in [-0.1, -0.05) is 0 Å². The Hall–Kier alpha value is 1.47. The van der Waals surface area contributed by atoms with Crippen molar-refractivity contribution < 1.29 is 77.0 Å². The quantitative estimate of drug-likeness (QED) is 0.226. The minimum absolute atomic E-state index is 0. The Balaban J connectivity index is -0.000000405. The van der Waals surface area contributed by atoms with E-state index in [0.717, 1.165) is 0 Å². The van der Waals surface area contributed by atoms with Crippen LogP contribution in [0.3, 0.4) is 0 Å². The summed E-state index contributed by atoms with van der Waals surface area (Å²) in [6, 6.07) is 0. The minimum Gasteiger partial charge on any atom is -0.788 e. The van der Waals surface area contributed by atoms with Gasteiger partial charge in [0.25, 0.3) is 0 Å². The van der Waals surface area contributed by atoms with Gasteiger partial charge in [-0.3, -0.25) is 0 Å². The van der Waals surface area contributed by atoms with Crippen molar-refractivity contribution in [1.82, 2.24) is 0 Å². The third-order valence-corrected chi connectivity index (χ3v) is 0.848. The Morgan fingerprint density at radius 3 is 1.00 bits per heavy atom. The zero-order valence-corrected chi connectivity index (χ0v) is 13.3. The molecule has 0 saturated heterocycles. The largest absolute Gasteiger partial charge is 2.00 e. The van der Waals surface area contributed by atoms with E-state index in [-0.39, 0.29) is 39.0 Å². The first-order valence-electron chi connectivity index (χ1n) is 1.63. The molecule has 0 unspecified atom stereocenters. The topological polar surface area (TPSA) is 145 Å². The maximum absolute atomic E-state index is 9.40. The monoisotopic (exact) mass is 318 g/mol. The first kappa shape index (κ1) is 19.1. The van der Waals surface area contributed by atoms with Crippen LogP contribution in [0.15, 0.2) is 0 Å². The maximum atomic E-state index is 9.40. The summed E-state index contributed by atoms with van der Waals surface area (Å²) in [4.78, 5) is 37.6. The average Bonchev–Trinajstić information content (AvgIpc) is 1.57. The van der Waals surface area contributed by atoms with Crippen molar-refractivity contribution in [2.75, 3.05) is 0 Å². The molecule has 0 amide bonds. The van der Waals surface area contributed by atoms with E-state index in [1.165, 1.54) is 0 Å². The van der Waals surface area contributed by atoms with E-state index in [1.54, 1.807) is 0 Å². The smallest absolute Gasteiger partial charge is 0.788 e. The van der Waals surface area contributed by atoms with Gasteiger partial charge < -0.3 is 28.7 Å². The summed E-state index contributed by atoms with van der Waals surface area (Å²) in [6.45, 7) is 0. The molecule has 0 rings (SSSR count). The first-order chi connectivity index (χ1) is 4.21. The molecule has 0 aromatic rings. The Labute approximate surface area is 92.6 Å². The Bertz CT molecular complexity index is 165. The minimum atomic E-state index is -5.56. The average molecular weight is 321 g/mol. The molecule has 0 heterocycles. The Morgan fingerprint density at radius 1 is 0.750 bits per heavy atom. The molecule has 8 nitrogen and oxygen atoms in total. The van der Waals surface area contributed by atoms with Crippen LogP contribution >= 0.6 is 15.6 Å². The van der Waals surface area contributed by atoms with Crippen LogP contribution in [0, 0.1) is 0 Å². The van der Waals surface area contributed by atoms with E-state index in [4.69, 9.17) is 0 Å². The van der Waals surface area contributed by atoms with Crippen molar-refractivity contribution in [3.05, 3.63) is 0 Å². The van der Waals surface area contributed by atoms with E-state index < -0.39 is 15.6 Å². The molecular weight excluding hydrogens is 321 g/mol. The molecule has 0 fully saturated rings. The predicted molar refractivity (Wildman–Crippen MR) is 17.4 cm³/mol. The summed E-state index contributed by atoms with van der Waals surface area (Å²) < 4.78 is 24.1. The van der Waals surface area contributed by atoms with Crippen molar-refractivity contribution >= 4 is 15.6 Å². The van der Waals surface area contributed by atoms with Crippen molar-refractivity contribution in [2.45, 2.75) is 0 Å². The summed E-state index contributed by atoms with van der Waals surface area (Å²) in [5, 5.41) is 0. The number of rotatable bonds is 3. The molecule has 0 spiro atoms. The fourth-order valence-corrected chi connectivity index (χ4v) is 0.735. The summed E-state index contributed by atoms with van der Waals surface area (Å²) in [6.07, 6.45) is 0. The molecule has 12 heteroatoms. The van der Waals surface area contributed by atoms with Crippen molar-refractivity contribution in [3.63, 3.8) is 0 Å². The van der Waals surface area contributed by atoms with Crippen LogP contribution in [0.25, 0.3) is 0 Å². The summed E-state index contributed by atoms with van der Waals surface area (Å²) in [7, 11) is -11.1. The molecule has 0 aromatic heterocycles. The van der Waals surface area contributed by atoms with Gasteiger partial charge in [0, 0.05) is 0 Å². The molecule has 0 aliphatic heterocycles. The summed E-state index contributed by atoms with van der Waals surface area (Å²) >= 11 is 0. The van der Waals surface area contributed by atoms with Gasteiger partial charge in [-0.15, -0.1) is 0 Å². The van der Waals surface area contributed by atoms with Crippen LogP contribution in [-0.2, 0) is 57.4 Å². The third kappa shape index (κ3) is 17.5. The van der Waals surface area contributed by atoms with Crippen LogP contribution in [0.5, 0.6) is 0 Å². The molecule has 0 radical (unpaired) electrons. The number of hydrogen-bond acceptors (Lipinski definition) is 8. The maximum Gasteiger partial charge on any atom is 2.00 e. The van der Waals surface area contributed by atoms with Crippen molar-refractivity contribution in [1.29, 1.82) is 0 Å². The van der Waals surface area contributed by atoms with Gasteiger partial charge in [0.1, 0.15) is 15.6 Å². The van der Waals surface area contributed by atoms with Gasteiger partial charge in [0.15, 0.2) is 0 Å². The molecule has 0 saturated carbocycles. The normalized spacial score (nSPS) is 11.3. The Kier molecular flexibility index (Phi) is 10.9. The molecule has 62 valence electrons. The van der Waals surface area contributed by atoms with E-state index in [0.29, 0.717) is 0 Å². The Morgan fingerprint density at radius 2 is 0.917 bits per heavy atom. The summed E-state index contributed by atoms with van der Waals surface area (Å²) in [5.41, 5.74) is 0. The fraction of sp³-hybridized carbons (Fsp3) is 0. The molecule has 0 aromatic carbocycles. The molecular formula is O8P2Zn2. The van der Waals surface area contributed by atoms with E-state index >= 15 is 0 Å². The standard InChI is InChI=1S/H4O8P2.2Zn/c1-9(2,3)7-8-10(4,5)6;;/h(H2,1,2,3)(H2,4,5,6);;/q;2*+2/p-4. The van der Waals surface area contributed by atoms with E-state index in [9.17, 15) is 28.7 Å². The zero-order valence-electron chi connectivity index (χ0n) is 5.57. The second kappa shape index (κ2) is 6.85. The van der Waals surface area contributed by atoms with E-state index in [2.05, 4.69) is 9.35 Å². The van der Waals surface area contributed by atoms with Gasteiger partial charge in [-0.25, -0.2) is 9.35 Å². The van der Waals surface area contributed by atoms with Crippen LogP contribution in [0.1, 0.15) is 0 Å². The fourth-order valence-electron chi connectivity index (χ4n) is 0.0816. The molecule has 0 atom stereocenters. The van der Waals surface area contributed by atoms with Gasteiger partial charge in [0.2, 0.25) is 0 Å².